The van der Waals surface area contributed by atoms with Crippen molar-refractivity contribution < 1.29 is 9.84 Å². The Morgan fingerprint density at radius 1 is 1.19 bits per heavy atom. The Kier molecular flexibility index (Phi) is 5.03. The number of aliphatic hydroxyl groups is 1. The SMILES string of the molecule is CCCC(O)c1cn(C)c(Oc2c(C)cc(-c3nnn(C)n3)cc2C)n1. The minimum absolute atomic E-state index is 0.451. The van der Waals surface area contributed by atoms with E-state index in [1.807, 2.05) is 40.0 Å². The molecule has 8 nitrogen and oxygen atoms in total. The van der Waals surface area contributed by atoms with Gasteiger partial charge in [-0.2, -0.15) is 9.78 Å². The highest BCUT2D eigenvalue weighted by atomic mass is 16.5. The molecule has 1 unspecified atom stereocenters. The number of nitrogens with zero attached hydrogens (tertiary/aromatic N) is 6. The second-order valence-corrected chi connectivity index (χ2v) is 6.51. The summed E-state index contributed by atoms with van der Waals surface area (Å²) in [6.07, 6.45) is 2.80. The zero-order valence-corrected chi connectivity index (χ0v) is 15.8. The minimum atomic E-state index is -0.573. The third kappa shape index (κ3) is 3.60. The Hall–Kier alpha value is -2.74. The molecule has 0 aliphatic heterocycles. The highest BCUT2D eigenvalue weighted by molar-refractivity contribution is 5.61. The average Bonchev–Trinajstić information content (AvgIpc) is 3.17. The molecule has 0 spiro atoms. The lowest BCUT2D eigenvalue weighted by atomic mass is 10.1. The van der Waals surface area contributed by atoms with Gasteiger partial charge in [-0.3, -0.25) is 0 Å². The van der Waals surface area contributed by atoms with Crippen LogP contribution in [0, 0.1) is 13.8 Å². The molecule has 0 fully saturated rings. The predicted molar refractivity (Wildman–Crippen MR) is 96.9 cm³/mol. The van der Waals surface area contributed by atoms with Crippen molar-refractivity contribution in [3.8, 4) is 23.1 Å². The number of benzene rings is 1. The molecule has 2 aromatic heterocycles. The summed E-state index contributed by atoms with van der Waals surface area (Å²) in [6.45, 7) is 5.97. The molecule has 1 aromatic carbocycles. The quantitative estimate of drug-likeness (QED) is 0.730. The van der Waals surface area contributed by atoms with Gasteiger partial charge in [0.15, 0.2) is 0 Å². The van der Waals surface area contributed by atoms with Crippen molar-refractivity contribution in [2.24, 2.45) is 14.1 Å². The monoisotopic (exact) mass is 356 g/mol. The van der Waals surface area contributed by atoms with Gasteiger partial charge in [-0.05, 0) is 48.7 Å². The molecule has 0 aliphatic carbocycles. The van der Waals surface area contributed by atoms with Crippen molar-refractivity contribution in [1.82, 2.24) is 29.8 Å². The predicted octanol–water partition coefficient (Wildman–Crippen LogP) is 2.85. The molecule has 26 heavy (non-hydrogen) atoms. The Balaban J connectivity index is 1.89. The van der Waals surface area contributed by atoms with Gasteiger partial charge in [0, 0.05) is 18.8 Å². The lowest BCUT2D eigenvalue weighted by molar-refractivity contribution is 0.162. The fourth-order valence-electron chi connectivity index (χ4n) is 2.88. The smallest absolute Gasteiger partial charge is 0.301 e. The molecule has 0 aliphatic rings. The van der Waals surface area contributed by atoms with Gasteiger partial charge >= 0.3 is 6.01 Å². The number of aryl methyl sites for hydroxylation is 4. The number of rotatable bonds is 6. The van der Waals surface area contributed by atoms with Crippen LogP contribution >= 0.6 is 0 Å². The fraction of sp³-hybridized carbons (Fsp3) is 0.444. The molecular formula is C18H24N6O2. The topological polar surface area (TPSA) is 90.9 Å². The lowest BCUT2D eigenvalue weighted by Gasteiger charge is -2.12. The van der Waals surface area contributed by atoms with Crippen LogP contribution in [0.2, 0.25) is 0 Å². The van der Waals surface area contributed by atoms with Gasteiger partial charge in [-0.15, -0.1) is 10.2 Å². The molecule has 1 atom stereocenters. The van der Waals surface area contributed by atoms with Crippen molar-refractivity contribution in [2.75, 3.05) is 0 Å². The standard InChI is InChI=1S/C18H24N6O2/c1-6-7-15(25)14-10-23(4)18(19-14)26-16-11(2)8-13(9-12(16)3)17-20-22-24(5)21-17/h8-10,15,25H,6-7H2,1-5H3. The first-order chi connectivity index (χ1) is 12.4. The van der Waals surface area contributed by atoms with Crippen molar-refractivity contribution in [3.63, 3.8) is 0 Å². The maximum absolute atomic E-state index is 10.1. The minimum Gasteiger partial charge on any atom is -0.425 e. The van der Waals surface area contributed by atoms with E-state index in [4.69, 9.17) is 4.74 Å². The van der Waals surface area contributed by atoms with E-state index in [0.29, 0.717) is 23.9 Å². The lowest BCUT2D eigenvalue weighted by Crippen LogP contribution is -1.98. The first-order valence-corrected chi connectivity index (χ1v) is 8.63. The number of tetrazole rings is 1. The van der Waals surface area contributed by atoms with Crippen LogP contribution < -0.4 is 4.74 Å². The van der Waals surface area contributed by atoms with E-state index in [9.17, 15) is 5.11 Å². The van der Waals surface area contributed by atoms with Crippen LogP contribution in [-0.4, -0.2) is 34.9 Å². The second kappa shape index (κ2) is 7.25. The molecule has 138 valence electrons. The molecule has 3 rings (SSSR count). The molecule has 0 bridgehead atoms. The van der Waals surface area contributed by atoms with Gasteiger partial charge in [0.05, 0.1) is 18.8 Å². The summed E-state index contributed by atoms with van der Waals surface area (Å²) in [4.78, 5) is 5.87. The summed E-state index contributed by atoms with van der Waals surface area (Å²) < 4.78 is 7.84. The van der Waals surface area contributed by atoms with Crippen LogP contribution in [0.15, 0.2) is 18.3 Å². The van der Waals surface area contributed by atoms with Crippen molar-refractivity contribution in [3.05, 3.63) is 35.2 Å². The first kappa shape index (κ1) is 18.1. The number of ether oxygens (including phenoxy) is 1. The van der Waals surface area contributed by atoms with E-state index in [-0.39, 0.29) is 0 Å². The zero-order valence-electron chi connectivity index (χ0n) is 15.8. The summed E-state index contributed by atoms with van der Waals surface area (Å²) >= 11 is 0. The Labute approximate surface area is 152 Å². The summed E-state index contributed by atoms with van der Waals surface area (Å²) in [5.41, 5.74) is 3.41. The van der Waals surface area contributed by atoms with E-state index < -0.39 is 6.10 Å². The maximum Gasteiger partial charge on any atom is 0.301 e. The summed E-state index contributed by atoms with van der Waals surface area (Å²) in [5, 5.41) is 22.3. The molecule has 8 heteroatoms. The van der Waals surface area contributed by atoms with Crippen molar-refractivity contribution in [2.45, 2.75) is 39.7 Å². The molecule has 3 aromatic rings. The highest BCUT2D eigenvalue weighted by Gasteiger charge is 2.17. The van der Waals surface area contributed by atoms with Gasteiger partial charge in [-0.25, -0.2) is 0 Å². The fourth-order valence-corrected chi connectivity index (χ4v) is 2.88. The average molecular weight is 356 g/mol. The molecule has 0 saturated carbocycles. The molecule has 0 saturated heterocycles. The van der Waals surface area contributed by atoms with Gasteiger partial charge in [0.1, 0.15) is 5.75 Å². The van der Waals surface area contributed by atoms with E-state index in [2.05, 4.69) is 20.4 Å². The summed E-state index contributed by atoms with van der Waals surface area (Å²) in [7, 11) is 3.59. The molecule has 0 radical (unpaired) electrons. The van der Waals surface area contributed by atoms with Crippen LogP contribution in [0.4, 0.5) is 0 Å². The van der Waals surface area contributed by atoms with E-state index in [1.165, 1.54) is 4.80 Å². The third-order valence-electron chi connectivity index (χ3n) is 4.18. The maximum atomic E-state index is 10.1. The van der Waals surface area contributed by atoms with Crippen LogP contribution in [0.1, 0.15) is 42.7 Å². The van der Waals surface area contributed by atoms with Crippen molar-refractivity contribution in [1.29, 1.82) is 0 Å². The number of imidazole rings is 1. The van der Waals surface area contributed by atoms with Crippen LogP contribution in [-0.2, 0) is 14.1 Å². The van der Waals surface area contributed by atoms with E-state index in [1.54, 1.807) is 17.8 Å². The largest absolute Gasteiger partial charge is 0.425 e. The molecule has 2 heterocycles. The van der Waals surface area contributed by atoms with Crippen molar-refractivity contribution >= 4 is 0 Å². The number of hydrogen-bond donors (Lipinski definition) is 1. The highest BCUT2D eigenvalue weighted by Crippen LogP contribution is 2.32. The first-order valence-electron chi connectivity index (χ1n) is 8.63. The zero-order chi connectivity index (χ0) is 18.8. The Morgan fingerprint density at radius 2 is 1.88 bits per heavy atom. The molecule has 0 amide bonds. The second-order valence-electron chi connectivity index (χ2n) is 6.51. The Bertz CT molecular complexity index is 891. The van der Waals surface area contributed by atoms with Crippen LogP contribution in [0.3, 0.4) is 0 Å². The number of hydrogen-bond acceptors (Lipinski definition) is 6. The molecular weight excluding hydrogens is 332 g/mol. The normalized spacial score (nSPS) is 12.4. The van der Waals surface area contributed by atoms with Crippen LogP contribution in [0.25, 0.3) is 11.4 Å². The summed E-state index contributed by atoms with van der Waals surface area (Å²) in [5.74, 6) is 1.31. The van der Waals surface area contributed by atoms with Gasteiger partial charge < -0.3 is 14.4 Å². The van der Waals surface area contributed by atoms with Gasteiger partial charge in [0.25, 0.3) is 0 Å². The van der Waals surface area contributed by atoms with E-state index >= 15 is 0 Å². The Morgan fingerprint density at radius 3 is 2.46 bits per heavy atom. The van der Waals surface area contributed by atoms with Crippen LogP contribution in [0.5, 0.6) is 11.8 Å². The van der Waals surface area contributed by atoms with Gasteiger partial charge in [0.2, 0.25) is 5.82 Å². The summed E-state index contributed by atoms with van der Waals surface area (Å²) in [6, 6.07) is 4.39. The van der Waals surface area contributed by atoms with Gasteiger partial charge in [-0.1, -0.05) is 13.3 Å². The molecule has 1 N–H and O–H groups in total. The van der Waals surface area contributed by atoms with E-state index in [0.717, 1.165) is 28.9 Å². The third-order valence-corrected chi connectivity index (χ3v) is 4.18. The number of aliphatic hydroxyl groups excluding tert-OH is 1. The number of aromatic nitrogens is 6.